The summed E-state index contributed by atoms with van der Waals surface area (Å²) < 4.78 is 18.9. The standard InChI is InChI=1S/C28H30FN3O2/c1-4-23-18-24(31-13-15-32(16-14-31)28(33)17-20(2)3)19-27(30-23)21-5-9-25(10-6-21)34-26-11-7-22(29)8-12-26/h4-12,18-20H,1,13-17H2,2-3H3. The molecule has 0 aliphatic carbocycles. The molecule has 0 radical (unpaired) electrons. The zero-order valence-corrected chi connectivity index (χ0v) is 19.7. The quantitative estimate of drug-likeness (QED) is 0.434. The monoisotopic (exact) mass is 459 g/mol. The van der Waals surface area contributed by atoms with Crippen molar-refractivity contribution in [2.24, 2.45) is 5.92 Å². The van der Waals surface area contributed by atoms with Gasteiger partial charge in [-0.3, -0.25) is 4.79 Å². The Hall–Kier alpha value is -3.67. The molecule has 1 saturated heterocycles. The van der Waals surface area contributed by atoms with Gasteiger partial charge in [-0.15, -0.1) is 0 Å². The van der Waals surface area contributed by atoms with E-state index in [1.807, 2.05) is 35.2 Å². The number of pyridine rings is 1. The minimum Gasteiger partial charge on any atom is -0.457 e. The average molecular weight is 460 g/mol. The van der Waals surface area contributed by atoms with Gasteiger partial charge in [-0.1, -0.05) is 20.4 Å². The molecular weight excluding hydrogens is 429 g/mol. The van der Waals surface area contributed by atoms with Crippen LogP contribution in [-0.2, 0) is 4.79 Å². The first-order chi connectivity index (χ1) is 16.4. The fourth-order valence-electron chi connectivity index (χ4n) is 4.00. The molecule has 2 heterocycles. The molecule has 6 heteroatoms. The Bertz CT molecular complexity index is 1140. The molecule has 0 bridgehead atoms. The molecule has 1 aliphatic heterocycles. The maximum Gasteiger partial charge on any atom is 0.222 e. The van der Waals surface area contributed by atoms with E-state index in [-0.39, 0.29) is 11.7 Å². The summed E-state index contributed by atoms with van der Waals surface area (Å²) in [5, 5.41) is 0. The second-order valence-corrected chi connectivity index (χ2v) is 8.89. The number of benzene rings is 2. The molecule has 0 spiro atoms. The smallest absolute Gasteiger partial charge is 0.222 e. The molecule has 176 valence electrons. The van der Waals surface area contributed by atoms with Crippen LogP contribution in [0.3, 0.4) is 0 Å². The lowest BCUT2D eigenvalue weighted by atomic mass is 10.1. The Kier molecular flexibility index (Phi) is 7.26. The van der Waals surface area contributed by atoms with Crippen molar-refractivity contribution >= 4 is 17.7 Å². The third-order valence-corrected chi connectivity index (χ3v) is 5.82. The third kappa shape index (κ3) is 5.81. The molecular formula is C28H30FN3O2. The first-order valence-electron chi connectivity index (χ1n) is 11.6. The summed E-state index contributed by atoms with van der Waals surface area (Å²) >= 11 is 0. The number of hydrogen-bond acceptors (Lipinski definition) is 4. The van der Waals surface area contributed by atoms with Crippen LogP contribution in [0.2, 0.25) is 0 Å². The van der Waals surface area contributed by atoms with Crippen molar-refractivity contribution < 1.29 is 13.9 Å². The maximum absolute atomic E-state index is 13.1. The maximum atomic E-state index is 13.1. The zero-order chi connectivity index (χ0) is 24.1. The van der Waals surface area contributed by atoms with E-state index in [2.05, 4.69) is 31.4 Å². The topological polar surface area (TPSA) is 45.7 Å². The van der Waals surface area contributed by atoms with Gasteiger partial charge < -0.3 is 14.5 Å². The minimum absolute atomic E-state index is 0.236. The van der Waals surface area contributed by atoms with Crippen molar-refractivity contribution in [3.05, 3.63) is 78.8 Å². The van der Waals surface area contributed by atoms with Crippen molar-refractivity contribution in [2.45, 2.75) is 20.3 Å². The minimum atomic E-state index is -0.296. The zero-order valence-electron chi connectivity index (χ0n) is 19.7. The van der Waals surface area contributed by atoms with Crippen LogP contribution in [-0.4, -0.2) is 42.0 Å². The van der Waals surface area contributed by atoms with Gasteiger partial charge in [-0.25, -0.2) is 9.37 Å². The fourth-order valence-corrected chi connectivity index (χ4v) is 4.00. The van der Waals surface area contributed by atoms with Crippen LogP contribution in [0, 0.1) is 11.7 Å². The normalized spacial score (nSPS) is 13.8. The highest BCUT2D eigenvalue weighted by Gasteiger charge is 2.22. The second kappa shape index (κ2) is 10.5. The number of nitrogens with zero attached hydrogens (tertiary/aromatic N) is 3. The lowest BCUT2D eigenvalue weighted by Gasteiger charge is -2.36. The van der Waals surface area contributed by atoms with Crippen LogP contribution >= 0.6 is 0 Å². The van der Waals surface area contributed by atoms with Crippen molar-refractivity contribution in [3.8, 4) is 22.8 Å². The van der Waals surface area contributed by atoms with Crippen molar-refractivity contribution in [3.63, 3.8) is 0 Å². The molecule has 0 atom stereocenters. The van der Waals surface area contributed by atoms with E-state index in [1.54, 1.807) is 18.2 Å². The SMILES string of the molecule is C=Cc1cc(N2CCN(C(=O)CC(C)C)CC2)cc(-c2ccc(Oc3ccc(F)cc3)cc2)n1. The average Bonchev–Trinajstić information content (AvgIpc) is 2.85. The lowest BCUT2D eigenvalue weighted by molar-refractivity contribution is -0.132. The van der Waals surface area contributed by atoms with E-state index in [0.29, 0.717) is 23.8 Å². The van der Waals surface area contributed by atoms with E-state index in [4.69, 9.17) is 9.72 Å². The predicted molar refractivity (Wildman–Crippen MR) is 134 cm³/mol. The number of ether oxygens (including phenoxy) is 1. The van der Waals surface area contributed by atoms with Gasteiger partial charge in [0.1, 0.15) is 17.3 Å². The largest absolute Gasteiger partial charge is 0.457 e. The van der Waals surface area contributed by atoms with Gasteiger partial charge >= 0.3 is 0 Å². The fraction of sp³-hybridized carbons (Fsp3) is 0.286. The number of piperazine rings is 1. The van der Waals surface area contributed by atoms with E-state index in [1.165, 1.54) is 12.1 Å². The molecule has 1 aliphatic rings. The van der Waals surface area contributed by atoms with Gasteiger partial charge in [0.2, 0.25) is 5.91 Å². The highest BCUT2D eigenvalue weighted by Crippen LogP contribution is 2.29. The molecule has 1 aromatic heterocycles. The van der Waals surface area contributed by atoms with E-state index in [0.717, 1.165) is 48.8 Å². The van der Waals surface area contributed by atoms with Gasteiger partial charge in [-0.05, 0) is 72.7 Å². The Morgan fingerprint density at radius 2 is 1.65 bits per heavy atom. The number of carbonyl (C=O) groups is 1. The molecule has 0 N–H and O–H groups in total. The highest BCUT2D eigenvalue weighted by molar-refractivity contribution is 5.77. The van der Waals surface area contributed by atoms with E-state index in [9.17, 15) is 9.18 Å². The first kappa shape index (κ1) is 23.5. The molecule has 34 heavy (non-hydrogen) atoms. The predicted octanol–water partition coefficient (Wildman–Crippen LogP) is 6.02. The van der Waals surface area contributed by atoms with Crippen molar-refractivity contribution in [1.82, 2.24) is 9.88 Å². The van der Waals surface area contributed by atoms with Crippen LogP contribution < -0.4 is 9.64 Å². The summed E-state index contributed by atoms with van der Waals surface area (Å²) in [6, 6.07) is 17.7. The van der Waals surface area contributed by atoms with Gasteiger partial charge in [0, 0.05) is 43.9 Å². The van der Waals surface area contributed by atoms with Gasteiger partial charge in [-0.2, -0.15) is 0 Å². The Balaban J connectivity index is 1.48. The number of hydrogen-bond donors (Lipinski definition) is 0. The van der Waals surface area contributed by atoms with Gasteiger partial charge in [0.25, 0.3) is 0 Å². The molecule has 1 fully saturated rings. The lowest BCUT2D eigenvalue weighted by Crippen LogP contribution is -2.49. The molecule has 4 rings (SSSR count). The summed E-state index contributed by atoms with van der Waals surface area (Å²) in [4.78, 5) is 21.4. The van der Waals surface area contributed by atoms with Crippen LogP contribution in [0.25, 0.3) is 17.3 Å². The number of rotatable bonds is 7. The molecule has 2 aromatic carbocycles. The third-order valence-electron chi connectivity index (χ3n) is 5.82. The molecule has 0 unspecified atom stereocenters. The van der Waals surface area contributed by atoms with Crippen LogP contribution in [0.15, 0.2) is 67.2 Å². The molecule has 5 nitrogen and oxygen atoms in total. The number of halogens is 1. The number of aromatic nitrogens is 1. The van der Waals surface area contributed by atoms with Gasteiger partial charge in [0.15, 0.2) is 0 Å². The second-order valence-electron chi connectivity index (χ2n) is 8.89. The summed E-state index contributed by atoms with van der Waals surface area (Å²) in [5.41, 5.74) is 3.68. The Morgan fingerprint density at radius 1 is 1.03 bits per heavy atom. The van der Waals surface area contributed by atoms with Crippen LogP contribution in [0.1, 0.15) is 26.0 Å². The summed E-state index contributed by atoms with van der Waals surface area (Å²) in [6.07, 6.45) is 2.35. The number of amides is 1. The summed E-state index contributed by atoms with van der Waals surface area (Å²) in [5.74, 6) is 1.55. The summed E-state index contributed by atoms with van der Waals surface area (Å²) in [7, 11) is 0. The Labute approximate surface area is 200 Å². The molecule has 1 amide bonds. The van der Waals surface area contributed by atoms with Crippen LogP contribution in [0.4, 0.5) is 10.1 Å². The summed E-state index contributed by atoms with van der Waals surface area (Å²) in [6.45, 7) is 11.1. The van der Waals surface area contributed by atoms with E-state index < -0.39 is 0 Å². The number of carbonyl (C=O) groups excluding carboxylic acids is 1. The molecule has 0 saturated carbocycles. The van der Waals surface area contributed by atoms with E-state index >= 15 is 0 Å². The highest BCUT2D eigenvalue weighted by atomic mass is 19.1. The first-order valence-corrected chi connectivity index (χ1v) is 11.6. The van der Waals surface area contributed by atoms with Crippen molar-refractivity contribution in [2.75, 3.05) is 31.1 Å². The molecule has 3 aromatic rings. The number of anilines is 1. The van der Waals surface area contributed by atoms with Crippen LogP contribution in [0.5, 0.6) is 11.5 Å². The Morgan fingerprint density at radius 3 is 2.24 bits per heavy atom. The van der Waals surface area contributed by atoms with Gasteiger partial charge in [0.05, 0.1) is 11.4 Å². The van der Waals surface area contributed by atoms with Crippen molar-refractivity contribution in [1.29, 1.82) is 0 Å².